The molecule has 0 aromatic heterocycles. The standard InChI is InChI=1S/C16H33N5O5/c1-7(17)10-5-4-8(18)15(25-10)26-14-9(21-16(19)23)6-11(24-3)12(20-2)13(14)22/h7-15,20,22H,4-6,17-18H2,1-3H3,(H3,19,21,23). The molecule has 9 unspecified atom stereocenters. The van der Waals surface area contributed by atoms with Gasteiger partial charge >= 0.3 is 6.03 Å². The van der Waals surface area contributed by atoms with E-state index in [2.05, 4.69) is 10.6 Å². The van der Waals surface area contributed by atoms with E-state index in [1.165, 1.54) is 0 Å². The first-order valence-electron chi connectivity index (χ1n) is 9.04. The molecule has 2 aliphatic rings. The average molecular weight is 375 g/mol. The molecular weight excluding hydrogens is 342 g/mol. The molecular formula is C16H33N5O5. The molecule has 0 aromatic rings. The van der Waals surface area contributed by atoms with Crippen LogP contribution in [-0.2, 0) is 14.2 Å². The van der Waals surface area contributed by atoms with Crippen LogP contribution in [0.3, 0.4) is 0 Å². The van der Waals surface area contributed by atoms with Gasteiger partial charge in [-0.2, -0.15) is 0 Å². The van der Waals surface area contributed by atoms with Crippen molar-refractivity contribution in [2.75, 3.05) is 14.2 Å². The Morgan fingerprint density at radius 1 is 1.38 bits per heavy atom. The van der Waals surface area contributed by atoms with Gasteiger partial charge in [-0.15, -0.1) is 0 Å². The van der Waals surface area contributed by atoms with E-state index in [0.717, 1.165) is 6.42 Å². The van der Waals surface area contributed by atoms with Gasteiger partial charge in [0.05, 0.1) is 30.3 Å². The smallest absolute Gasteiger partial charge is 0.312 e. The van der Waals surface area contributed by atoms with Gasteiger partial charge in [0.1, 0.15) is 12.2 Å². The third kappa shape index (κ3) is 4.83. The number of urea groups is 1. The number of amides is 2. The van der Waals surface area contributed by atoms with Crippen molar-refractivity contribution in [2.45, 2.75) is 81.1 Å². The number of likely N-dealkylation sites (N-methyl/N-ethyl adjacent to an activating group) is 1. The lowest BCUT2D eigenvalue weighted by Crippen LogP contribution is -2.67. The van der Waals surface area contributed by atoms with E-state index >= 15 is 0 Å². The summed E-state index contributed by atoms with van der Waals surface area (Å²) in [6.07, 6.45) is -1.06. The molecule has 1 aliphatic carbocycles. The monoisotopic (exact) mass is 375 g/mol. The Bertz CT molecular complexity index is 468. The van der Waals surface area contributed by atoms with E-state index in [1.54, 1.807) is 14.2 Å². The summed E-state index contributed by atoms with van der Waals surface area (Å²) in [5.74, 6) is 0. The van der Waals surface area contributed by atoms with Crippen LogP contribution in [0.15, 0.2) is 0 Å². The van der Waals surface area contributed by atoms with Crippen molar-refractivity contribution in [3.63, 3.8) is 0 Å². The number of nitrogens with two attached hydrogens (primary N) is 3. The molecule has 1 heterocycles. The molecule has 2 amide bonds. The number of hydrogen-bond acceptors (Lipinski definition) is 8. The first kappa shape index (κ1) is 21.3. The van der Waals surface area contributed by atoms with Crippen LogP contribution in [0, 0.1) is 0 Å². The van der Waals surface area contributed by atoms with Crippen LogP contribution in [0.1, 0.15) is 26.2 Å². The van der Waals surface area contributed by atoms with Crippen molar-refractivity contribution in [1.29, 1.82) is 0 Å². The van der Waals surface area contributed by atoms with Crippen LogP contribution in [0.25, 0.3) is 0 Å². The Morgan fingerprint density at radius 3 is 2.62 bits per heavy atom. The normalized spacial score (nSPS) is 42.2. The number of aliphatic hydroxyl groups excluding tert-OH is 1. The Kier molecular flexibility index (Phi) is 7.59. The second-order valence-electron chi connectivity index (χ2n) is 7.17. The quantitative estimate of drug-likeness (QED) is 0.308. The van der Waals surface area contributed by atoms with E-state index in [-0.39, 0.29) is 30.3 Å². The lowest BCUT2D eigenvalue weighted by Gasteiger charge is -2.46. The molecule has 26 heavy (non-hydrogen) atoms. The largest absolute Gasteiger partial charge is 0.389 e. The third-order valence-electron chi connectivity index (χ3n) is 5.27. The summed E-state index contributed by atoms with van der Waals surface area (Å²) in [7, 11) is 3.28. The summed E-state index contributed by atoms with van der Waals surface area (Å²) < 4.78 is 17.4. The molecule has 10 heteroatoms. The number of primary amides is 1. The Hall–Kier alpha value is -1.01. The number of carbonyl (C=O) groups is 1. The molecule has 0 spiro atoms. The maximum absolute atomic E-state index is 11.4. The highest BCUT2D eigenvalue weighted by molar-refractivity contribution is 5.72. The van der Waals surface area contributed by atoms with E-state index in [9.17, 15) is 9.90 Å². The minimum atomic E-state index is -0.956. The molecule has 0 radical (unpaired) electrons. The lowest BCUT2D eigenvalue weighted by molar-refractivity contribution is -0.254. The number of nitrogens with one attached hydrogen (secondary N) is 2. The van der Waals surface area contributed by atoms with Gasteiger partial charge in [-0.1, -0.05) is 0 Å². The van der Waals surface area contributed by atoms with Crippen molar-refractivity contribution in [2.24, 2.45) is 17.2 Å². The predicted molar refractivity (Wildman–Crippen MR) is 95.2 cm³/mol. The van der Waals surface area contributed by atoms with Gasteiger partial charge in [0.25, 0.3) is 0 Å². The highest BCUT2D eigenvalue weighted by Crippen LogP contribution is 2.29. The fourth-order valence-electron chi connectivity index (χ4n) is 3.80. The van der Waals surface area contributed by atoms with Gasteiger partial charge in [-0.25, -0.2) is 4.79 Å². The maximum Gasteiger partial charge on any atom is 0.312 e. The third-order valence-corrected chi connectivity index (χ3v) is 5.27. The molecule has 1 aliphatic heterocycles. The highest BCUT2D eigenvalue weighted by Gasteiger charge is 2.47. The van der Waals surface area contributed by atoms with Crippen LogP contribution in [0.4, 0.5) is 4.79 Å². The van der Waals surface area contributed by atoms with Crippen LogP contribution in [0.5, 0.6) is 0 Å². The maximum atomic E-state index is 11.4. The lowest BCUT2D eigenvalue weighted by atomic mass is 9.83. The SMILES string of the molecule is CNC1C(OC)CC(NC(N)=O)C(OC2OC(C(C)N)CCC2N)C1O. The van der Waals surface area contributed by atoms with Crippen molar-refractivity contribution in [3.05, 3.63) is 0 Å². The van der Waals surface area contributed by atoms with Crippen molar-refractivity contribution >= 4 is 6.03 Å². The van der Waals surface area contributed by atoms with E-state index in [0.29, 0.717) is 12.8 Å². The zero-order valence-electron chi connectivity index (χ0n) is 15.6. The molecule has 10 nitrogen and oxygen atoms in total. The summed E-state index contributed by atoms with van der Waals surface area (Å²) in [6, 6.07) is -2.12. The van der Waals surface area contributed by atoms with Gasteiger partial charge < -0.3 is 47.2 Å². The number of rotatable bonds is 6. The summed E-state index contributed by atoms with van der Waals surface area (Å²) >= 11 is 0. The fourth-order valence-corrected chi connectivity index (χ4v) is 3.80. The second kappa shape index (κ2) is 9.27. The zero-order chi connectivity index (χ0) is 19.4. The number of methoxy groups -OCH3 is 1. The number of hydrogen-bond donors (Lipinski definition) is 6. The summed E-state index contributed by atoms with van der Waals surface area (Å²) in [5, 5.41) is 16.5. The van der Waals surface area contributed by atoms with Crippen LogP contribution < -0.4 is 27.8 Å². The van der Waals surface area contributed by atoms with Gasteiger partial charge in [-0.3, -0.25) is 0 Å². The Morgan fingerprint density at radius 2 is 2.08 bits per heavy atom. The molecule has 9 atom stereocenters. The molecule has 2 fully saturated rings. The minimum Gasteiger partial charge on any atom is -0.389 e. The first-order chi connectivity index (χ1) is 12.3. The highest BCUT2D eigenvalue weighted by atomic mass is 16.7. The summed E-state index contributed by atoms with van der Waals surface area (Å²) in [5.41, 5.74) is 17.4. The summed E-state index contributed by atoms with van der Waals surface area (Å²) in [4.78, 5) is 11.4. The average Bonchev–Trinajstić information content (AvgIpc) is 2.58. The van der Waals surface area contributed by atoms with Gasteiger partial charge in [0, 0.05) is 13.2 Å². The molecule has 152 valence electrons. The number of carbonyl (C=O) groups excluding carboxylic acids is 1. The molecule has 1 saturated carbocycles. The number of ether oxygens (including phenoxy) is 3. The topological polar surface area (TPSA) is 167 Å². The fraction of sp³-hybridized carbons (Fsp3) is 0.938. The minimum absolute atomic E-state index is 0.160. The predicted octanol–water partition coefficient (Wildman–Crippen LogP) is -2.04. The molecule has 9 N–H and O–H groups in total. The van der Waals surface area contributed by atoms with Crippen LogP contribution in [-0.4, -0.2) is 80.2 Å². The second-order valence-corrected chi connectivity index (χ2v) is 7.17. The molecule has 0 aromatic carbocycles. The Labute approximate surface area is 154 Å². The van der Waals surface area contributed by atoms with Crippen LogP contribution in [0.2, 0.25) is 0 Å². The first-order valence-corrected chi connectivity index (χ1v) is 9.04. The Balaban J connectivity index is 2.16. The zero-order valence-corrected chi connectivity index (χ0v) is 15.6. The van der Waals surface area contributed by atoms with Crippen molar-refractivity contribution in [1.82, 2.24) is 10.6 Å². The van der Waals surface area contributed by atoms with E-state index in [4.69, 9.17) is 31.4 Å². The van der Waals surface area contributed by atoms with E-state index in [1.807, 2.05) is 6.92 Å². The van der Waals surface area contributed by atoms with Gasteiger partial charge in [-0.05, 0) is 33.2 Å². The van der Waals surface area contributed by atoms with E-state index < -0.39 is 30.6 Å². The molecule has 0 bridgehead atoms. The summed E-state index contributed by atoms with van der Waals surface area (Å²) in [6.45, 7) is 1.87. The molecule has 2 rings (SSSR count). The molecule has 1 saturated heterocycles. The van der Waals surface area contributed by atoms with Crippen molar-refractivity contribution in [3.8, 4) is 0 Å². The van der Waals surface area contributed by atoms with Gasteiger partial charge in [0.15, 0.2) is 6.29 Å². The van der Waals surface area contributed by atoms with Gasteiger partial charge in [0.2, 0.25) is 0 Å². The van der Waals surface area contributed by atoms with Crippen LogP contribution >= 0.6 is 0 Å². The number of aliphatic hydroxyl groups is 1. The van der Waals surface area contributed by atoms with Crippen molar-refractivity contribution < 1.29 is 24.1 Å².